The molecule has 2 rings (SSSR count). The minimum absolute atomic E-state index is 0.105. The van der Waals surface area contributed by atoms with Crippen LogP contribution in [0.1, 0.15) is 23.3 Å². The van der Waals surface area contributed by atoms with Crippen molar-refractivity contribution >= 4 is 17.4 Å². The maximum Gasteiger partial charge on any atom is 0.320 e. The maximum atomic E-state index is 12.1. The van der Waals surface area contributed by atoms with Crippen molar-refractivity contribution in [2.75, 3.05) is 26.7 Å². The third-order valence-corrected chi connectivity index (χ3v) is 3.98. The quantitative estimate of drug-likeness (QED) is 0.837. The number of rotatable bonds is 2. The minimum atomic E-state index is -0.126. The second-order valence-corrected chi connectivity index (χ2v) is 5.59. The molecule has 0 radical (unpaired) electrons. The highest BCUT2D eigenvalue weighted by Crippen LogP contribution is 2.17. The summed E-state index contributed by atoms with van der Waals surface area (Å²) in [4.78, 5) is 16.9. The number of urea groups is 1. The van der Waals surface area contributed by atoms with Gasteiger partial charge in [-0.15, -0.1) is 11.3 Å². The van der Waals surface area contributed by atoms with E-state index in [0.717, 1.165) is 36.4 Å². The predicted molar refractivity (Wildman–Crippen MR) is 76.0 cm³/mol. The lowest BCUT2D eigenvalue weighted by Crippen LogP contribution is -2.38. The summed E-state index contributed by atoms with van der Waals surface area (Å²) in [6.45, 7) is 2.24. The summed E-state index contributed by atoms with van der Waals surface area (Å²) in [7, 11) is 1.83. The monoisotopic (exact) mass is 278 g/mol. The van der Waals surface area contributed by atoms with Crippen molar-refractivity contribution in [3.63, 3.8) is 0 Å². The number of aliphatic hydroxyl groups excluding tert-OH is 1. The SMILES string of the molecule is CN(Cc1cc(C#CCO)cs1)C(=O)N1CCCC1. The Hall–Kier alpha value is -1.51. The van der Waals surface area contributed by atoms with E-state index < -0.39 is 0 Å². The van der Waals surface area contributed by atoms with Crippen molar-refractivity contribution in [1.82, 2.24) is 9.80 Å². The molecular formula is C14H18N2O2S. The lowest BCUT2D eigenvalue weighted by Gasteiger charge is -2.23. The molecule has 4 nitrogen and oxygen atoms in total. The number of thiophene rings is 1. The van der Waals surface area contributed by atoms with Gasteiger partial charge >= 0.3 is 6.03 Å². The number of carbonyl (C=O) groups excluding carboxylic acids is 1. The van der Waals surface area contributed by atoms with Crippen molar-refractivity contribution in [3.05, 3.63) is 21.9 Å². The predicted octanol–water partition coefficient (Wildman–Crippen LogP) is 1.74. The van der Waals surface area contributed by atoms with Gasteiger partial charge in [-0.3, -0.25) is 0 Å². The molecule has 102 valence electrons. The first kappa shape index (κ1) is 13.9. The van der Waals surface area contributed by atoms with Crippen LogP contribution in [0.15, 0.2) is 11.4 Å². The van der Waals surface area contributed by atoms with Gasteiger partial charge < -0.3 is 14.9 Å². The van der Waals surface area contributed by atoms with E-state index in [1.165, 1.54) is 0 Å². The number of hydrogen-bond donors (Lipinski definition) is 1. The molecule has 0 unspecified atom stereocenters. The van der Waals surface area contributed by atoms with Gasteiger partial charge in [-0.05, 0) is 18.9 Å². The second-order valence-electron chi connectivity index (χ2n) is 4.59. The molecule has 0 aromatic carbocycles. The molecule has 1 saturated heterocycles. The first-order chi connectivity index (χ1) is 9.20. The highest BCUT2D eigenvalue weighted by atomic mass is 32.1. The highest BCUT2D eigenvalue weighted by Gasteiger charge is 2.21. The molecule has 0 atom stereocenters. The zero-order valence-electron chi connectivity index (χ0n) is 11.1. The van der Waals surface area contributed by atoms with Crippen LogP contribution in [0.3, 0.4) is 0 Å². The molecule has 19 heavy (non-hydrogen) atoms. The van der Waals surface area contributed by atoms with Gasteiger partial charge in [0.05, 0.1) is 6.54 Å². The fourth-order valence-electron chi connectivity index (χ4n) is 2.12. The smallest absolute Gasteiger partial charge is 0.320 e. The molecule has 1 aliphatic rings. The lowest BCUT2D eigenvalue weighted by atomic mass is 10.3. The standard InChI is InChI=1S/C14H18N2O2S/c1-15(14(18)16-6-2-3-7-16)10-13-9-12(11-19-13)5-4-8-17/h9,11,17H,2-3,6-8,10H2,1H3. The van der Waals surface area contributed by atoms with Crippen LogP contribution in [0.25, 0.3) is 0 Å². The highest BCUT2D eigenvalue weighted by molar-refractivity contribution is 7.10. The molecule has 0 aliphatic carbocycles. The first-order valence-corrected chi connectivity index (χ1v) is 7.26. The fourth-order valence-corrected chi connectivity index (χ4v) is 2.99. The topological polar surface area (TPSA) is 43.8 Å². The Bertz CT molecular complexity index is 495. The molecule has 2 heterocycles. The van der Waals surface area contributed by atoms with Crippen molar-refractivity contribution in [2.45, 2.75) is 19.4 Å². The Labute approximate surface area is 117 Å². The number of hydrogen-bond acceptors (Lipinski definition) is 3. The summed E-state index contributed by atoms with van der Waals surface area (Å²) in [6.07, 6.45) is 2.22. The van der Waals surface area contributed by atoms with E-state index in [9.17, 15) is 4.79 Å². The van der Waals surface area contributed by atoms with Crippen molar-refractivity contribution in [1.29, 1.82) is 0 Å². The van der Waals surface area contributed by atoms with Gasteiger partial charge in [-0.2, -0.15) is 0 Å². The molecule has 2 amide bonds. The van der Waals surface area contributed by atoms with Gasteiger partial charge in [0.2, 0.25) is 0 Å². The van der Waals surface area contributed by atoms with Crippen LogP contribution in [-0.4, -0.2) is 47.7 Å². The van der Waals surface area contributed by atoms with Gasteiger partial charge in [0.15, 0.2) is 0 Å². The molecule has 1 fully saturated rings. The van der Waals surface area contributed by atoms with Crippen LogP contribution in [0.2, 0.25) is 0 Å². The van der Waals surface area contributed by atoms with Crippen LogP contribution in [0, 0.1) is 11.8 Å². The zero-order chi connectivity index (χ0) is 13.7. The van der Waals surface area contributed by atoms with Gasteiger partial charge in [0, 0.05) is 36.0 Å². The van der Waals surface area contributed by atoms with E-state index >= 15 is 0 Å². The van der Waals surface area contributed by atoms with E-state index in [0.29, 0.717) is 6.54 Å². The van der Waals surface area contributed by atoms with E-state index in [1.54, 1.807) is 16.2 Å². The normalized spacial score (nSPS) is 14.1. The van der Waals surface area contributed by atoms with Crippen molar-refractivity contribution in [3.8, 4) is 11.8 Å². The first-order valence-electron chi connectivity index (χ1n) is 6.38. The van der Waals surface area contributed by atoms with Gasteiger partial charge in [-0.25, -0.2) is 4.79 Å². The Morgan fingerprint density at radius 3 is 2.95 bits per heavy atom. The minimum Gasteiger partial charge on any atom is -0.384 e. The van der Waals surface area contributed by atoms with Gasteiger partial charge in [-0.1, -0.05) is 11.8 Å². The van der Waals surface area contributed by atoms with E-state index in [-0.39, 0.29) is 12.6 Å². The Morgan fingerprint density at radius 2 is 2.26 bits per heavy atom. The van der Waals surface area contributed by atoms with Gasteiger partial charge in [0.1, 0.15) is 6.61 Å². The van der Waals surface area contributed by atoms with Crippen molar-refractivity contribution in [2.24, 2.45) is 0 Å². The fraction of sp³-hybridized carbons (Fsp3) is 0.500. The molecule has 5 heteroatoms. The largest absolute Gasteiger partial charge is 0.384 e. The van der Waals surface area contributed by atoms with Crippen LogP contribution >= 0.6 is 11.3 Å². The second kappa shape index (κ2) is 6.60. The summed E-state index contributed by atoms with van der Waals surface area (Å²) in [5, 5.41) is 10.6. The van der Waals surface area contributed by atoms with Crippen molar-refractivity contribution < 1.29 is 9.90 Å². The number of carbonyl (C=O) groups is 1. The third-order valence-electron chi connectivity index (χ3n) is 3.06. The molecular weight excluding hydrogens is 260 g/mol. The molecule has 1 aliphatic heterocycles. The molecule has 0 spiro atoms. The Morgan fingerprint density at radius 1 is 1.53 bits per heavy atom. The maximum absolute atomic E-state index is 12.1. The van der Waals surface area contributed by atoms with Crippen LogP contribution in [-0.2, 0) is 6.54 Å². The van der Waals surface area contributed by atoms with E-state index in [4.69, 9.17) is 5.11 Å². The van der Waals surface area contributed by atoms with Gasteiger partial charge in [0.25, 0.3) is 0 Å². The van der Waals surface area contributed by atoms with Crippen LogP contribution in [0.5, 0.6) is 0 Å². The molecule has 1 aromatic rings. The zero-order valence-corrected chi connectivity index (χ0v) is 11.9. The van der Waals surface area contributed by atoms with Crippen LogP contribution in [0.4, 0.5) is 4.79 Å². The number of nitrogens with zero attached hydrogens (tertiary/aromatic N) is 2. The molecule has 0 bridgehead atoms. The molecule has 0 saturated carbocycles. The van der Waals surface area contributed by atoms with Crippen LogP contribution < -0.4 is 0 Å². The lowest BCUT2D eigenvalue weighted by molar-refractivity contribution is 0.171. The average molecular weight is 278 g/mol. The summed E-state index contributed by atoms with van der Waals surface area (Å²) < 4.78 is 0. The Balaban J connectivity index is 1.92. The van der Waals surface area contributed by atoms with E-state index in [1.807, 2.05) is 23.4 Å². The Kier molecular flexibility index (Phi) is 4.83. The third kappa shape index (κ3) is 3.72. The molecule has 1 N–H and O–H groups in total. The average Bonchev–Trinajstić information content (AvgIpc) is 3.06. The number of aliphatic hydroxyl groups is 1. The summed E-state index contributed by atoms with van der Waals surface area (Å²) in [5.41, 5.74) is 0.899. The molecule has 1 aromatic heterocycles. The summed E-state index contributed by atoms with van der Waals surface area (Å²) in [6, 6.07) is 2.08. The number of amides is 2. The van der Waals surface area contributed by atoms with E-state index in [2.05, 4.69) is 11.8 Å². The number of likely N-dealkylation sites (tertiary alicyclic amines) is 1. The summed E-state index contributed by atoms with van der Waals surface area (Å²) >= 11 is 1.59. The summed E-state index contributed by atoms with van der Waals surface area (Å²) in [5.74, 6) is 5.49.